The summed E-state index contributed by atoms with van der Waals surface area (Å²) in [5, 5.41) is 10.4. The standard InChI is InChI=1S/C9H10F3NO2/c1-3-5-7(9(10,11)12)8(6-4-2)13(14)15/h3-4,6H,1,5H2,2H3/b6-4-,8-7-. The number of allylic oxidation sites excluding steroid dienone is 4. The van der Waals surface area contributed by atoms with E-state index in [2.05, 4.69) is 6.58 Å². The Labute approximate surface area is 84.7 Å². The Morgan fingerprint density at radius 3 is 2.33 bits per heavy atom. The van der Waals surface area contributed by atoms with Crippen LogP contribution in [0.1, 0.15) is 13.3 Å². The zero-order valence-electron chi connectivity index (χ0n) is 8.04. The van der Waals surface area contributed by atoms with Crippen molar-refractivity contribution in [2.75, 3.05) is 0 Å². The molecule has 15 heavy (non-hydrogen) atoms. The Balaban J connectivity index is 5.55. The van der Waals surface area contributed by atoms with E-state index in [4.69, 9.17) is 0 Å². The van der Waals surface area contributed by atoms with Crippen LogP contribution in [-0.4, -0.2) is 11.1 Å². The summed E-state index contributed by atoms with van der Waals surface area (Å²) in [4.78, 5) is 9.37. The highest BCUT2D eigenvalue weighted by atomic mass is 19.4. The Morgan fingerprint density at radius 2 is 2.07 bits per heavy atom. The first-order valence-corrected chi connectivity index (χ1v) is 4.03. The number of alkyl halides is 3. The molecule has 0 aliphatic carbocycles. The van der Waals surface area contributed by atoms with E-state index >= 15 is 0 Å². The monoisotopic (exact) mass is 221 g/mol. The molecule has 0 heterocycles. The van der Waals surface area contributed by atoms with Crippen molar-refractivity contribution in [2.45, 2.75) is 19.5 Å². The van der Waals surface area contributed by atoms with E-state index < -0.39 is 28.8 Å². The van der Waals surface area contributed by atoms with Crippen LogP contribution in [0.4, 0.5) is 13.2 Å². The molecule has 0 radical (unpaired) electrons. The first-order chi connectivity index (χ1) is 6.84. The van der Waals surface area contributed by atoms with E-state index in [1.807, 2.05) is 0 Å². The molecule has 84 valence electrons. The van der Waals surface area contributed by atoms with E-state index in [1.54, 1.807) is 0 Å². The van der Waals surface area contributed by atoms with E-state index in [9.17, 15) is 23.3 Å². The maximum atomic E-state index is 12.4. The molecular weight excluding hydrogens is 211 g/mol. The highest BCUT2D eigenvalue weighted by molar-refractivity contribution is 5.24. The molecule has 6 heteroatoms. The average Bonchev–Trinajstić information content (AvgIpc) is 2.09. The SMILES string of the molecule is C=CC/C(=C(\C=C/C)[N+](=O)[O-])C(F)(F)F. The third kappa shape index (κ3) is 3.97. The molecule has 3 nitrogen and oxygen atoms in total. The van der Waals surface area contributed by atoms with Crippen molar-refractivity contribution in [3.05, 3.63) is 46.2 Å². The first-order valence-electron chi connectivity index (χ1n) is 4.03. The Hall–Kier alpha value is -1.59. The summed E-state index contributed by atoms with van der Waals surface area (Å²) in [7, 11) is 0. The second-order valence-electron chi connectivity index (χ2n) is 2.61. The fourth-order valence-electron chi connectivity index (χ4n) is 0.939. The molecule has 0 rings (SSSR count). The molecule has 0 spiro atoms. The maximum Gasteiger partial charge on any atom is 0.419 e. The van der Waals surface area contributed by atoms with Crippen molar-refractivity contribution in [1.82, 2.24) is 0 Å². The molecule has 0 amide bonds. The number of rotatable bonds is 4. The van der Waals surface area contributed by atoms with E-state index in [1.165, 1.54) is 13.0 Å². The fraction of sp³-hybridized carbons (Fsp3) is 0.333. The first kappa shape index (κ1) is 13.4. The predicted octanol–water partition coefficient (Wildman–Crippen LogP) is 3.23. The van der Waals surface area contributed by atoms with Crippen molar-refractivity contribution in [2.24, 2.45) is 0 Å². The van der Waals surface area contributed by atoms with Crippen LogP contribution in [0.5, 0.6) is 0 Å². The second kappa shape index (κ2) is 5.33. The quantitative estimate of drug-likeness (QED) is 0.316. The van der Waals surface area contributed by atoms with Crippen LogP contribution in [0, 0.1) is 10.1 Å². The van der Waals surface area contributed by atoms with Gasteiger partial charge in [0.1, 0.15) is 5.57 Å². The van der Waals surface area contributed by atoms with Gasteiger partial charge in [-0.25, -0.2) is 0 Å². The van der Waals surface area contributed by atoms with Gasteiger partial charge in [-0.05, 0) is 6.92 Å². The van der Waals surface area contributed by atoms with Crippen molar-refractivity contribution in [3.63, 3.8) is 0 Å². The van der Waals surface area contributed by atoms with Gasteiger partial charge in [0.15, 0.2) is 0 Å². The van der Waals surface area contributed by atoms with Crippen LogP contribution in [-0.2, 0) is 0 Å². The number of nitro groups is 1. The third-order valence-corrected chi connectivity index (χ3v) is 1.52. The Morgan fingerprint density at radius 1 is 1.53 bits per heavy atom. The van der Waals surface area contributed by atoms with Gasteiger partial charge < -0.3 is 0 Å². The van der Waals surface area contributed by atoms with Crippen LogP contribution in [0.25, 0.3) is 0 Å². The summed E-state index contributed by atoms with van der Waals surface area (Å²) in [6, 6.07) is 0. The molecule has 0 aliphatic heterocycles. The molecular formula is C9H10F3NO2. The van der Waals surface area contributed by atoms with Gasteiger partial charge in [0.05, 0.1) is 4.92 Å². The fourth-order valence-corrected chi connectivity index (χ4v) is 0.939. The third-order valence-electron chi connectivity index (χ3n) is 1.52. The molecule has 0 aromatic heterocycles. The minimum atomic E-state index is -4.71. The summed E-state index contributed by atoms with van der Waals surface area (Å²) in [6.45, 7) is 4.54. The normalized spacial score (nSPS) is 13.9. The lowest BCUT2D eigenvalue weighted by Crippen LogP contribution is -2.16. The number of hydrogen-bond donors (Lipinski definition) is 0. The van der Waals surface area contributed by atoms with Crippen molar-refractivity contribution < 1.29 is 18.1 Å². The number of nitrogens with zero attached hydrogens (tertiary/aromatic N) is 1. The Bertz CT molecular complexity index is 316. The van der Waals surface area contributed by atoms with Gasteiger partial charge in [-0.1, -0.05) is 12.2 Å². The Kier molecular flexibility index (Phi) is 4.77. The second-order valence-corrected chi connectivity index (χ2v) is 2.61. The van der Waals surface area contributed by atoms with Crippen LogP contribution < -0.4 is 0 Å². The van der Waals surface area contributed by atoms with Gasteiger partial charge in [0.25, 0.3) is 5.70 Å². The largest absolute Gasteiger partial charge is 0.419 e. The van der Waals surface area contributed by atoms with E-state index in [-0.39, 0.29) is 0 Å². The van der Waals surface area contributed by atoms with Crippen LogP contribution >= 0.6 is 0 Å². The van der Waals surface area contributed by atoms with Crippen LogP contribution in [0.15, 0.2) is 36.1 Å². The summed E-state index contributed by atoms with van der Waals surface area (Å²) in [6.07, 6.45) is -2.30. The zero-order valence-corrected chi connectivity index (χ0v) is 8.04. The minimum Gasteiger partial charge on any atom is -0.258 e. The molecule has 0 saturated heterocycles. The molecule has 0 unspecified atom stereocenters. The smallest absolute Gasteiger partial charge is 0.258 e. The molecule has 0 bridgehead atoms. The highest BCUT2D eigenvalue weighted by Gasteiger charge is 2.39. The minimum absolute atomic E-state index is 0.579. The zero-order chi connectivity index (χ0) is 12.1. The summed E-state index contributed by atoms with van der Waals surface area (Å²) in [5.41, 5.74) is -2.13. The molecule has 0 fully saturated rings. The van der Waals surface area contributed by atoms with Crippen molar-refractivity contribution in [3.8, 4) is 0 Å². The van der Waals surface area contributed by atoms with E-state index in [0.717, 1.165) is 12.2 Å². The molecule has 0 aromatic carbocycles. The lowest BCUT2D eigenvalue weighted by molar-refractivity contribution is -0.422. The highest BCUT2D eigenvalue weighted by Crippen LogP contribution is 2.31. The van der Waals surface area contributed by atoms with Gasteiger partial charge in [-0.15, -0.1) is 6.58 Å². The molecule has 0 aromatic rings. The molecule has 0 N–H and O–H groups in total. The van der Waals surface area contributed by atoms with Crippen molar-refractivity contribution >= 4 is 0 Å². The van der Waals surface area contributed by atoms with Gasteiger partial charge in [-0.3, -0.25) is 10.1 Å². The van der Waals surface area contributed by atoms with E-state index in [0.29, 0.717) is 0 Å². The summed E-state index contributed by atoms with van der Waals surface area (Å²) < 4.78 is 37.2. The van der Waals surface area contributed by atoms with Crippen LogP contribution in [0.2, 0.25) is 0 Å². The van der Waals surface area contributed by atoms with Gasteiger partial charge in [-0.2, -0.15) is 13.2 Å². The van der Waals surface area contributed by atoms with Gasteiger partial charge in [0, 0.05) is 12.5 Å². The van der Waals surface area contributed by atoms with Crippen molar-refractivity contribution in [1.29, 1.82) is 0 Å². The number of halogens is 3. The van der Waals surface area contributed by atoms with Gasteiger partial charge >= 0.3 is 6.18 Å². The maximum absolute atomic E-state index is 12.4. The number of hydrogen-bond acceptors (Lipinski definition) is 2. The molecule has 0 saturated carbocycles. The lowest BCUT2D eigenvalue weighted by Gasteiger charge is -2.08. The van der Waals surface area contributed by atoms with Crippen LogP contribution in [0.3, 0.4) is 0 Å². The summed E-state index contributed by atoms with van der Waals surface area (Å²) >= 11 is 0. The topological polar surface area (TPSA) is 43.1 Å². The molecule has 0 atom stereocenters. The lowest BCUT2D eigenvalue weighted by atomic mass is 10.1. The average molecular weight is 221 g/mol. The van der Waals surface area contributed by atoms with Gasteiger partial charge in [0.2, 0.25) is 0 Å². The summed E-state index contributed by atoms with van der Waals surface area (Å²) in [5.74, 6) is 0. The molecule has 0 aliphatic rings. The predicted molar refractivity (Wildman–Crippen MR) is 49.7 cm³/mol.